The smallest absolute Gasteiger partial charge is 0.223 e. The van der Waals surface area contributed by atoms with Gasteiger partial charge in [-0.1, -0.05) is 24.3 Å². The summed E-state index contributed by atoms with van der Waals surface area (Å²) < 4.78 is 0. The van der Waals surface area contributed by atoms with E-state index in [9.17, 15) is 14.7 Å². The summed E-state index contributed by atoms with van der Waals surface area (Å²) in [6.07, 6.45) is 2.45. The molecule has 1 amide bonds. The van der Waals surface area contributed by atoms with E-state index >= 15 is 0 Å². The van der Waals surface area contributed by atoms with E-state index in [0.29, 0.717) is 12.0 Å². The van der Waals surface area contributed by atoms with Crippen molar-refractivity contribution in [1.29, 1.82) is 0 Å². The minimum Gasteiger partial charge on any atom is -0.508 e. The van der Waals surface area contributed by atoms with Gasteiger partial charge in [-0.3, -0.25) is 9.59 Å². The first-order chi connectivity index (χ1) is 11.5. The predicted molar refractivity (Wildman–Crippen MR) is 92.2 cm³/mol. The Hall–Kier alpha value is -2.62. The van der Waals surface area contributed by atoms with Crippen LogP contribution in [0.15, 0.2) is 48.5 Å². The molecule has 0 fully saturated rings. The molecule has 1 N–H and O–H groups in total. The molecular formula is C20H21NO3. The predicted octanol–water partition coefficient (Wildman–Crippen LogP) is 3.15. The number of hydrogen-bond acceptors (Lipinski definition) is 3. The van der Waals surface area contributed by atoms with Crippen molar-refractivity contribution in [2.24, 2.45) is 0 Å². The van der Waals surface area contributed by atoms with E-state index in [0.717, 1.165) is 12.8 Å². The fourth-order valence-corrected chi connectivity index (χ4v) is 3.27. The van der Waals surface area contributed by atoms with E-state index in [2.05, 4.69) is 12.1 Å². The van der Waals surface area contributed by atoms with Gasteiger partial charge in [0.1, 0.15) is 5.75 Å². The molecule has 4 nitrogen and oxygen atoms in total. The number of ketones is 1. The van der Waals surface area contributed by atoms with Crippen molar-refractivity contribution in [3.63, 3.8) is 0 Å². The highest BCUT2D eigenvalue weighted by Crippen LogP contribution is 2.35. The van der Waals surface area contributed by atoms with Gasteiger partial charge in [-0.25, -0.2) is 0 Å². The van der Waals surface area contributed by atoms with Gasteiger partial charge < -0.3 is 10.0 Å². The molecule has 1 aliphatic rings. The van der Waals surface area contributed by atoms with E-state index in [-0.39, 0.29) is 29.9 Å². The van der Waals surface area contributed by atoms with E-state index in [1.54, 1.807) is 19.2 Å². The highest BCUT2D eigenvalue weighted by molar-refractivity contribution is 5.99. The van der Waals surface area contributed by atoms with Crippen molar-refractivity contribution in [2.45, 2.75) is 25.2 Å². The zero-order valence-electron chi connectivity index (χ0n) is 13.7. The third-order valence-corrected chi connectivity index (χ3v) is 4.67. The van der Waals surface area contributed by atoms with Crippen LogP contribution in [0.3, 0.4) is 0 Å². The monoisotopic (exact) mass is 323 g/mol. The first-order valence-corrected chi connectivity index (χ1v) is 8.18. The Morgan fingerprint density at radius 2 is 1.83 bits per heavy atom. The van der Waals surface area contributed by atoms with Crippen molar-refractivity contribution in [3.8, 4) is 5.75 Å². The van der Waals surface area contributed by atoms with Crippen molar-refractivity contribution >= 4 is 11.7 Å². The van der Waals surface area contributed by atoms with Gasteiger partial charge in [0.25, 0.3) is 0 Å². The number of carbonyl (C=O) groups is 2. The number of rotatable bonds is 5. The molecule has 0 aromatic heterocycles. The number of benzene rings is 2. The molecule has 0 unspecified atom stereocenters. The molecule has 0 saturated carbocycles. The van der Waals surface area contributed by atoms with Crippen LogP contribution < -0.4 is 0 Å². The van der Waals surface area contributed by atoms with Crippen LogP contribution in [0.4, 0.5) is 0 Å². The Morgan fingerprint density at radius 1 is 1.12 bits per heavy atom. The molecule has 24 heavy (non-hydrogen) atoms. The second-order valence-corrected chi connectivity index (χ2v) is 6.36. The van der Waals surface area contributed by atoms with Gasteiger partial charge in [-0.15, -0.1) is 0 Å². The van der Waals surface area contributed by atoms with Gasteiger partial charge in [0.05, 0.1) is 6.54 Å². The minimum atomic E-state index is -0.127. The minimum absolute atomic E-state index is 0.0103. The highest BCUT2D eigenvalue weighted by atomic mass is 16.3. The molecule has 3 rings (SSSR count). The van der Waals surface area contributed by atoms with Crippen LogP contribution in [-0.2, 0) is 11.2 Å². The van der Waals surface area contributed by atoms with Crippen LogP contribution in [0.25, 0.3) is 0 Å². The number of aromatic hydroxyl groups is 1. The lowest BCUT2D eigenvalue weighted by Gasteiger charge is -2.19. The molecule has 0 saturated heterocycles. The SMILES string of the molecule is CN(CC(=O)c1ccc(O)cc1)C(=O)C[C@H]1CCc2ccccc21. The number of phenols is 1. The first-order valence-electron chi connectivity index (χ1n) is 8.18. The van der Waals surface area contributed by atoms with Crippen molar-refractivity contribution in [3.05, 3.63) is 65.2 Å². The number of aryl methyl sites for hydroxylation is 1. The summed E-state index contributed by atoms with van der Waals surface area (Å²) >= 11 is 0. The first kappa shape index (κ1) is 16.2. The maximum absolute atomic E-state index is 12.5. The third-order valence-electron chi connectivity index (χ3n) is 4.67. The average Bonchev–Trinajstić information content (AvgIpc) is 2.98. The molecule has 0 spiro atoms. The molecule has 124 valence electrons. The van der Waals surface area contributed by atoms with Crippen molar-refractivity contribution < 1.29 is 14.7 Å². The van der Waals surface area contributed by atoms with Crippen molar-refractivity contribution in [1.82, 2.24) is 4.90 Å². The van der Waals surface area contributed by atoms with E-state index in [1.165, 1.54) is 28.2 Å². The Balaban J connectivity index is 1.59. The molecular weight excluding hydrogens is 302 g/mol. The number of likely N-dealkylation sites (N-methyl/N-ethyl adjacent to an activating group) is 1. The lowest BCUT2D eigenvalue weighted by molar-refractivity contribution is -0.129. The molecule has 0 heterocycles. The zero-order valence-corrected chi connectivity index (χ0v) is 13.7. The number of amides is 1. The standard InChI is InChI=1S/C20H21NO3/c1-21(13-19(23)15-8-10-17(22)11-9-15)20(24)12-16-7-6-14-4-2-3-5-18(14)16/h2-5,8-11,16,22H,6-7,12-13H2,1H3/t16-/m1/s1. The summed E-state index contributed by atoms with van der Waals surface area (Å²) in [5.41, 5.74) is 3.10. The Labute approximate surface area is 141 Å². The summed E-state index contributed by atoms with van der Waals surface area (Å²) in [5.74, 6) is 0.234. The number of nitrogens with zero attached hydrogens (tertiary/aromatic N) is 1. The number of fused-ring (bicyclic) bond motifs is 1. The summed E-state index contributed by atoms with van der Waals surface area (Å²) in [4.78, 5) is 26.2. The largest absolute Gasteiger partial charge is 0.508 e. The average molecular weight is 323 g/mol. The summed E-state index contributed by atoms with van der Waals surface area (Å²) in [5, 5.41) is 9.27. The third kappa shape index (κ3) is 3.48. The quantitative estimate of drug-likeness (QED) is 0.860. The van der Waals surface area contributed by atoms with Gasteiger partial charge in [0.15, 0.2) is 5.78 Å². The number of hydrogen-bond donors (Lipinski definition) is 1. The number of Topliss-reactive ketones (excluding diaryl/α,β-unsaturated/α-hetero) is 1. The van der Waals surface area contributed by atoms with Crippen LogP contribution in [0.5, 0.6) is 5.75 Å². The van der Waals surface area contributed by atoms with Crippen LogP contribution >= 0.6 is 0 Å². The van der Waals surface area contributed by atoms with Crippen LogP contribution in [0, 0.1) is 0 Å². The molecule has 1 atom stereocenters. The lowest BCUT2D eigenvalue weighted by atomic mass is 9.97. The summed E-state index contributed by atoms with van der Waals surface area (Å²) in [6, 6.07) is 14.4. The molecule has 1 aliphatic carbocycles. The molecule has 2 aromatic rings. The number of carbonyl (C=O) groups excluding carboxylic acids is 2. The Bertz CT molecular complexity index is 752. The highest BCUT2D eigenvalue weighted by Gasteiger charge is 2.26. The Morgan fingerprint density at radius 3 is 2.58 bits per heavy atom. The van der Waals surface area contributed by atoms with Crippen LogP contribution in [0.1, 0.15) is 40.2 Å². The summed E-state index contributed by atoms with van der Waals surface area (Å²) in [7, 11) is 1.67. The van der Waals surface area contributed by atoms with Gasteiger partial charge in [0.2, 0.25) is 5.91 Å². The molecule has 2 aromatic carbocycles. The van der Waals surface area contributed by atoms with Crippen molar-refractivity contribution in [2.75, 3.05) is 13.6 Å². The normalized spacial score (nSPS) is 15.8. The molecule has 0 bridgehead atoms. The second kappa shape index (κ2) is 6.87. The summed E-state index contributed by atoms with van der Waals surface area (Å²) in [6.45, 7) is 0.0535. The Kier molecular flexibility index (Phi) is 4.65. The fourth-order valence-electron chi connectivity index (χ4n) is 3.27. The van der Waals surface area contributed by atoms with E-state index in [1.807, 2.05) is 12.1 Å². The molecule has 4 heteroatoms. The lowest BCUT2D eigenvalue weighted by Crippen LogP contribution is -2.32. The molecule has 0 radical (unpaired) electrons. The topological polar surface area (TPSA) is 57.6 Å². The van der Waals surface area contributed by atoms with Gasteiger partial charge in [-0.05, 0) is 54.2 Å². The van der Waals surface area contributed by atoms with Gasteiger partial charge in [0, 0.05) is 19.0 Å². The van der Waals surface area contributed by atoms with Crippen LogP contribution in [-0.4, -0.2) is 35.3 Å². The van der Waals surface area contributed by atoms with E-state index < -0.39 is 0 Å². The fraction of sp³-hybridized carbons (Fsp3) is 0.300. The molecule has 0 aliphatic heterocycles. The second-order valence-electron chi connectivity index (χ2n) is 6.36. The maximum Gasteiger partial charge on any atom is 0.223 e. The van der Waals surface area contributed by atoms with Gasteiger partial charge in [-0.2, -0.15) is 0 Å². The number of phenolic OH excluding ortho intramolecular Hbond substituents is 1. The van der Waals surface area contributed by atoms with Gasteiger partial charge >= 0.3 is 0 Å². The maximum atomic E-state index is 12.5. The van der Waals surface area contributed by atoms with E-state index in [4.69, 9.17) is 0 Å². The zero-order chi connectivity index (χ0) is 17.1. The van der Waals surface area contributed by atoms with Crippen LogP contribution in [0.2, 0.25) is 0 Å².